The second kappa shape index (κ2) is 9.69. The van der Waals surface area contributed by atoms with Crippen LogP contribution >= 0.6 is 11.6 Å². The quantitative estimate of drug-likeness (QED) is 0.603. The standard InChI is InChI=1S/C21H23ClN6O2/c22-19-9-5-4-8-18(19)20(15-28-24-16-23-25-28)30-21(29)27-12-10-26(11-13-27)14-17-6-2-1-3-7-17/h1-9,16,20H,10-15H2. The second-order valence-electron chi connectivity index (χ2n) is 7.13. The van der Waals surface area contributed by atoms with Crippen molar-refractivity contribution in [1.29, 1.82) is 0 Å². The number of carbonyl (C=O) groups excluding carboxylic acids is 1. The highest BCUT2D eigenvalue weighted by Gasteiger charge is 2.27. The number of carbonyl (C=O) groups is 1. The molecular weight excluding hydrogens is 404 g/mol. The van der Waals surface area contributed by atoms with Crippen LogP contribution in [0.1, 0.15) is 17.2 Å². The number of nitrogens with zero attached hydrogens (tertiary/aromatic N) is 6. The van der Waals surface area contributed by atoms with Crippen LogP contribution in [-0.4, -0.2) is 62.3 Å². The number of hydrogen-bond acceptors (Lipinski definition) is 6. The van der Waals surface area contributed by atoms with Crippen molar-refractivity contribution >= 4 is 17.7 Å². The van der Waals surface area contributed by atoms with Crippen LogP contribution in [0.25, 0.3) is 0 Å². The van der Waals surface area contributed by atoms with E-state index < -0.39 is 6.10 Å². The number of amides is 1. The van der Waals surface area contributed by atoms with Crippen LogP contribution in [0, 0.1) is 0 Å². The Morgan fingerprint density at radius 2 is 1.77 bits per heavy atom. The fraction of sp³-hybridized carbons (Fsp3) is 0.333. The predicted octanol–water partition coefficient (Wildman–Crippen LogP) is 3.02. The van der Waals surface area contributed by atoms with Crippen molar-refractivity contribution < 1.29 is 9.53 Å². The van der Waals surface area contributed by atoms with Gasteiger partial charge in [0, 0.05) is 43.3 Å². The average molecular weight is 427 g/mol. The number of aromatic nitrogens is 4. The summed E-state index contributed by atoms with van der Waals surface area (Å²) in [5, 5.41) is 12.1. The summed E-state index contributed by atoms with van der Waals surface area (Å²) in [5.41, 5.74) is 1.99. The molecule has 9 heteroatoms. The number of piperazine rings is 1. The molecular formula is C21H23ClN6O2. The van der Waals surface area contributed by atoms with Crippen molar-refractivity contribution in [1.82, 2.24) is 30.0 Å². The van der Waals surface area contributed by atoms with E-state index in [9.17, 15) is 4.79 Å². The third-order valence-corrected chi connectivity index (χ3v) is 5.44. The lowest BCUT2D eigenvalue weighted by Gasteiger charge is -2.35. The monoisotopic (exact) mass is 426 g/mol. The number of benzene rings is 2. The van der Waals surface area contributed by atoms with Gasteiger partial charge in [0.2, 0.25) is 0 Å². The molecule has 1 aromatic heterocycles. The summed E-state index contributed by atoms with van der Waals surface area (Å²) in [5.74, 6) is 0. The maximum absolute atomic E-state index is 12.9. The van der Waals surface area contributed by atoms with Gasteiger partial charge in [-0.05, 0) is 16.8 Å². The third kappa shape index (κ3) is 5.14. The Hall–Kier alpha value is -2.97. The zero-order chi connectivity index (χ0) is 20.8. The van der Waals surface area contributed by atoms with E-state index in [2.05, 4.69) is 32.4 Å². The number of ether oxygens (including phenoxy) is 1. The first-order chi connectivity index (χ1) is 14.7. The Morgan fingerprint density at radius 1 is 1.03 bits per heavy atom. The van der Waals surface area contributed by atoms with Crippen LogP contribution < -0.4 is 0 Å². The van der Waals surface area contributed by atoms with Crippen LogP contribution in [-0.2, 0) is 17.8 Å². The highest BCUT2D eigenvalue weighted by atomic mass is 35.5. The van der Waals surface area contributed by atoms with Gasteiger partial charge in [-0.2, -0.15) is 4.80 Å². The molecule has 0 radical (unpaired) electrons. The molecule has 1 atom stereocenters. The molecule has 0 saturated carbocycles. The number of hydrogen-bond donors (Lipinski definition) is 0. The summed E-state index contributed by atoms with van der Waals surface area (Å²) in [4.78, 5) is 18.3. The molecule has 1 aliphatic heterocycles. The minimum Gasteiger partial charge on any atom is -0.439 e. The maximum Gasteiger partial charge on any atom is 0.410 e. The first kappa shape index (κ1) is 20.3. The molecule has 1 unspecified atom stereocenters. The summed E-state index contributed by atoms with van der Waals surface area (Å²) in [6.45, 7) is 3.94. The van der Waals surface area contributed by atoms with Gasteiger partial charge in [0.05, 0.1) is 0 Å². The van der Waals surface area contributed by atoms with Crippen LogP contribution in [0.3, 0.4) is 0 Å². The van der Waals surface area contributed by atoms with Crippen molar-refractivity contribution in [3.63, 3.8) is 0 Å². The lowest BCUT2D eigenvalue weighted by molar-refractivity contribution is 0.0356. The van der Waals surface area contributed by atoms with Gasteiger partial charge in [0.25, 0.3) is 0 Å². The summed E-state index contributed by atoms with van der Waals surface area (Å²) in [6.07, 6.45) is 0.374. The third-order valence-electron chi connectivity index (χ3n) is 5.10. The molecule has 2 heterocycles. The minimum absolute atomic E-state index is 0.240. The van der Waals surface area contributed by atoms with Gasteiger partial charge in [0.15, 0.2) is 12.4 Å². The molecule has 0 N–H and O–H groups in total. The molecule has 1 amide bonds. The topological polar surface area (TPSA) is 76.4 Å². The average Bonchev–Trinajstić information content (AvgIpc) is 3.28. The molecule has 1 aliphatic rings. The fourth-order valence-electron chi connectivity index (χ4n) is 3.48. The molecule has 1 saturated heterocycles. The Balaban J connectivity index is 1.37. The Bertz CT molecular complexity index is 945. The summed E-state index contributed by atoms with van der Waals surface area (Å²) in [7, 11) is 0. The van der Waals surface area contributed by atoms with E-state index in [4.69, 9.17) is 16.3 Å². The maximum atomic E-state index is 12.9. The Morgan fingerprint density at radius 3 is 2.47 bits per heavy atom. The lowest BCUT2D eigenvalue weighted by Crippen LogP contribution is -2.48. The van der Waals surface area contributed by atoms with Gasteiger partial charge in [-0.25, -0.2) is 4.79 Å². The molecule has 1 fully saturated rings. The van der Waals surface area contributed by atoms with Gasteiger partial charge in [0.1, 0.15) is 6.54 Å². The largest absolute Gasteiger partial charge is 0.439 e. The van der Waals surface area contributed by atoms with E-state index in [1.54, 1.807) is 11.0 Å². The first-order valence-corrected chi connectivity index (χ1v) is 10.2. The van der Waals surface area contributed by atoms with Crippen LogP contribution in [0.15, 0.2) is 60.9 Å². The summed E-state index contributed by atoms with van der Waals surface area (Å²) < 4.78 is 5.84. The molecule has 2 aromatic carbocycles. The van der Waals surface area contributed by atoms with Crippen molar-refractivity contribution in [2.24, 2.45) is 0 Å². The van der Waals surface area contributed by atoms with Gasteiger partial charge in [-0.3, -0.25) is 4.90 Å². The van der Waals surface area contributed by atoms with E-state index >= 15 is 0 Å². The smallest absolute Gasteiger partial charge is 0.410 e. The van der Waals surface area contributed by atoms with Crippen molar-refractivity contribution in [3.05, 3.63) is 77.1 Å². The van der Waals surface area contributed by atoms with E-state index in [0.717, 1.165) is 19.6 Å². The van der Waals surface area contributed by atoms with Crippen LogP contribution in [0.4, 0.5) is 4.79 Å². The minimum atomic E-state index is -0.609. The highest BCUT2D eigenvalue weighted by Crippen LogP contribution is 2.27. The molecule has 4 rings (SSSR count). The van der Waals surface area contributed by atoms with Gasteiger partial charge in [-0.15, -0.1) is 10.2 Å². The number of tetrazole rings is 1. The van der Waals surface area contributed by atoms with Crippen LogP contribution in [0.2, 0.25) is 5.02 Å². The molecule has 0 aliphatic carbocycles. The SMILES string of the molecule is O=C(OC(Cn1ncnn1)c1ccccc1Cl)N1CCN(Cc2ccccc2)CC1. The molecule has 8 nitrogen and oxygen atoms in total. The fourth-order valence-corrected chi connectivity index (χ4v) is 3.74. The molecule has 3 aromatic rings. The summed E-state index contributed by atoms with van der Waals surface area (Å²) >= 11 is 6.35. The van der Waals surface area contributed by atoms with Crippen molar-refractivity contribution in [2.75, 3.05) is 26.2 Å². The van der Waals surface area contributed by atoms with Gasteiger partial charge in [-0.1, -0.05) is 60.1 Å². The predicted molar refractivity (Wildman–Crippen MR) is 112 cm³/mol. The Labute approximate surface area is 180 Å². The van der Waals surface area contributed by atoms with Gasteiger partial charge >= 0.3 is 6.09 Å². The first-order valence-electron chi connectivity index (χ1n) is 9.86. The number of rotatable bonds is 6. The van der Waals surface area contributed by atoms with Crippen LogP contribution in [0.5, 0.6) is 0 Å². The van der Waals surface area contributed by atoms with E-state index in [-0.39, 0.29) is 12.6 Å². The lowest BCUT2D eigenvalue weighted by atomic mass is 10.1. The van der Waals surface area contributed by atoms with Gasteiger partial charge < -0.3 is 9.64 Å². The van der Waals surface area contributed by atoms with E-state index in [0.29, 0.717) is 23.7 Å². The molecule has 0 bridgehead atoms. The van der Waals surface area contributed by atoms with Crippen molar-refractivity contribution in [2.45, 2.75) is 19.2 Å². The van der Waals surface area contributed by atoms with Crippen molar-refractivity contribution in [3.8, 4) is 0 Å². The zero-order valence-corrected chi connectivity index (χ0v) is 17.2. The Kier molecular flexibility index (Phi) is 6.56. The van der Waals surface area contributed by atoms with E-state index in [1.807, 2.05) is 36.4 Å². The second-order valence-corrected chi connectivity index (χ2v) is 7.54. The normalized spacial score (nSPS) is 15.7. The highest BCUT2D eigenvalue weighted by molar-refractivity contribution is 6.31. The van der Waals surface area contributed by atoms with E-state index in [1.165, 1.54) is 16.7 Å². The molecule has 156 valence electrons. The zero-order valence-electron chi connectivity index (χ0n) is 16.5. The number of halogens is 1. The molecule has 30 heavy (non-hydrogen) atoms. The molecule has 0 spiro atoms. The summed E-state index contributed by atoms with van der Waals surface area (Å²) in [6, 6.07) is 17.7.